The lowest BCUT2D eigenvalue weighted by molar-refractivity contribution is -0.385. The molecule has 3 heterocycles. The monoisotopic (exact) mass is 609 g/mol. The van der Waals surface area contributed by atoms with E-state index in [1.54, 1.807) is 42.6 Å². The lowest BCUT2D eigenvalue weighted by atomic mass is 10.1. The number of rotatable bonds is 8. The SMILES string of the molecule is O=C1/C(=C/c2ccc(-c3ccc([N+](=O)[O-])cc3)o2)S/C(=N/c2ncc(Cc3cccc([N+](=O)[O-])c3)s2)N1c1ccccc1. The van der Waals surface area contributed by atoms with E-state index in [9.17, 15) is 25.0 Å². The molecule has 5 aromatic rings. The molecule has 1 fully saturated rings. The Labute approximate surface area is 252 Å². The summed E-state index contributed by atoms with van der Waals surface area (Å²) in [6, 6.07) is 25.1. The standard InChI is InChI=1S/C30H19N5O6S2/c36-28-27(17-24-13-14-26(41-24)20-9-11-22(12-10-20)34(37)38)43-30(33(28)21-6-2-1-3-7-21)32-29-31-18-25(42-29)16-19-5-4-8-23(15-19)35(39)40/h1-15,17-18H,16H2/b27-17-,32-30+. The maximum Gasteiger partial charge on any atom is 0.271 e. The second kappa shape index (κ2) is 11.8. The number of aromatic nitrogens is 1. The van der Waals surface area contributed by atoms with Crippen LogP contribution in [0.3, 0.4) is 0 Å². The number of nitrogens with zero attached hydrogens (tertiary/aromatic N) is 5. The van der Waals surface area contributed by atoms with Crippen LogP contribution in [0.2, 0.25) is 0 Å². The van der Waals surface area contributed by atoms with Crippen molar-refractivity contribution < 1.29 is 19.1 Å². The molecule has 1 amide bonds. The van der Waals surface area contributed by atoms with Crippen LogP contribution >= 0.6 is 23.1 Å². The van der Waals surface area contributed by atoms with Crippen molar-refractivity contribution in [3.63, 3.8) is 0 Å². The number of para-hydroxylation sites is 1. The molecule has 11 nitrogen and oxygen atoms in total. The third kappa shape index (κ3) is 6.12. The van der Waals surface area contributed by atoms with Gasteiger partial charge in [-0.3, -0.25) is 29.9 Å². The average molecular weight is 610 g/mol. The van der Waals surface area contributed by atoms with Gasteiger partial charge in [-0.2, -0.15) is 4.99 Å². The Kier molecular flexibility index (Phi) is 7.64. The van der Waals surface area contributed by atoms with Gasteiger partial charge in [0.1, 0.15) is 11.5 Å². The van der Waals surface area contributed by atoms with Gasteiger partial charge >= 0.3 is 0 Å². The fourth-order valence-corrected chi connectivity index (χ4v) is 6.15. The molecule has 1 aliphatic rings. The highest BCUT2D eigenvalue weighted by Crippen LogP contribution is 2.38. The van der Waals surface area contributed by atoms with Crippen molar-refractivity contribution in [1.82, 2.24) is 4.98 Å². The smallest absolute Gasteiger partial charge is 0.271 e. The molecule has 1 aliphatic heterocycles. The van der Waals surface area contributed by atoms with Crippen molar-refractivity contribution in [2.45, 2.75) is 6.42 Å². The van der Waals surface area contributed by atoms with E-state index < -0.39 is 9.85 Å². The van der Waals surface area contributed by atoms with Crippen molar-refractivity contribution >= 4 is 62.4 Å². The second-order valence-electron chi connectivity index (χ2n) is 9.20. The summed E-state index contributed by atoms with van der Waals surface area (Å²) in [4.78, 5) is 46.7. The van der Waals surface area contributed by atoms with E-state index in [-0.39, 0.29) is 17.3 Å². The van der Waals surface area contributed by atoms with Crippen molar-refractivity contribution in [3.05, 3.63) is 139 Å². The van der Waals surface area contributed by atoms with Crippen LogP contribution in [0.1, 0.15) is 16.2 Å². The summed E-state index contributed by atoms with van der Waals surface area (Å²) in [5.74, 6) is 0.661. The van der Waals surface area contributed by atoms with Crippen LogP contribution in [0.4, 0.5) is 22.2 Å². The first-order chi connectivity index (χ1) is 20.8. The molecule has 0 spiro atoms. The van der Waals surface area contributed by atoms with E-state index in [0.717, 1.165) is 10.4 Å². The van der Waals surface area contributed by atoms with Gasteiger partial charge in [-0.15, -0.1) is 0 Å². The minimum absolute atomic E-state index is 0.0187. The number of benzene rings is 3. The molecule has 13 heteroatoms. The molecular weight excluding hydrogens is 590 g/mol. The molecule has 0 aliphatic carbocycles. The molecule has 43 heavy (non-hydrogen) atoms. The number of anilines is 1. The molecule has 3 aromatic carbocycles. The molecule has 212 valence electrons. The lowest BCUT2D eigenvalue weighted by Gasteiger charge is -2.14. The van der Waals surface area contributed by atoms with E-state index in [4.69, 9.17) is 9.41 Å². The van der Waals surface area contributed by atoms with Crippen LogP contribution in [0, 0.1) is 20.2 Å². The number of carbonyl (C=O) groups is 1. The first-order valence-corrected chi connectivity index (χ1v) is 14.4. The highest BCUT2D eigenvalue weighted by molar-refractivity contribution is 8.19. The number of aliphatic imine (C=N–C) groups is 1. The number of amidine groups is 1. The number of amides is 1. The average Bonchev–Trinajstić information content (AvgIpc) is 3.73. The van der Waals surface area contributed by atoms with Crippen molar-refractivity contribution in [3.8, 4) is 11.3 Å². The van der Waals surface area contributed by atoms with Gasteiger partial charge in [-0.05, 0) is 53.7 Å². The summed E-state index contributed by atoms with van der Waals surface area (Å²) in [6.07, 6.45) is 3.77. The van der Waals surface area contributed by atoms with Crippen molar-refractivity contribution in [2.24, 2.45) is 4.99 Å². The molecule has 1 saturated heterocycles. The van der Waals surface area contributed by atoms with Crippen LogP contribution in [0.15, 0.2) is 112 Å². The number of nitro benzene ring substituents is 2. The Bertz CT molecular complexity index is 1910. The number of thiazole rings is 1. The van der Waals surface area contributed by atoms with Gasteiger partial charge in [-0.1, -0.05) is 41.7 Å². The molecule has 0 bridgehead atoms. The molecule has 0 atom stereocenters. The highest BCUT2D eigenvalue weighted by atomic mass is 32.2. The number of hydrogen-bond acceptors (Lipinski definition) is 10. The number of non-ortho nitro benzene ring substituents is 2. The van der Waals surface area contributed by atoms with Gasteiger partial charge in [0.2, 0.25) is 5.13 Å². The molecule has 0 unspecified atom stereocenters. The van der Waals surface area contributed by atoms with Crippen LogP contribution in [0.25, 0.3) is 17.4 Å². The minimum Gasteiger partial charge on any atom is -0.457 e. The van der Waals surface area contributed by atoms with E-state index in [1.165, 1.54) is 52.3 Å². The van der Waals surface area contributed by atoms with Gasteiger partial charge in [0, 0.05) is 53.4 Å². The zero-order valence-corrected chi connectivity index (χ0v) is 23.7. The zero-order valence-electron chi connectivity index (χ0n) is 22.0. The summed E-state index contributed by atoms with van der Waals surface area (Å²) >= 11 is 2.52. The van der Waals surface area contributed by atoms with Gasteiger partial charge in [0.05, 0.1) is 20.4 Å². The van der Waals surface area contributed by atoms with Crippen LogP contribution in [-0.2, 0) is 11.2 Å². The summed E-state index contributed by atoms with van der Waals surface area (Å²) in [7, 11) is 0. The van der Waals surface area contributed by atoms with E-state index in [1.807, 2.05) is 36.4 Å². The van der Waals surface area contributed by atoms with Crippen LogP contribution in [0.5, 0.6) is 0 Å². The molecule has 0 radical (unpaired) electrons. The first kappa shape index (κ1) is 27.8. The molecule has 2 aromatic heterocycles. The molecule has 6 rings (SSSR count). The number of carbonyl (C=O) groups excluding carboxylic acids is 1. The second-order valence-corrected chi connectivity index (χ2v) is 11.3. The third-order valence-corrected chi connectivity index (χ3v) is 8.18. The number of thioether (sulfide) groups is 1. The quantitative estimate of drug-likeness (QED) is 0.0992. The Morgan fingerprint density at radius 1 is 0.907 bits per heavy atom. The van der Waals surface area contributed by atoms with Gasteiger partial charge < -0.3 is 4.42 Å². The Morgan fingerprint density at radius 3 is 2.42 bits per heavy atom. The first-order valence-electron chi connectivity index (χ1n) is 12.7. The Morgan fingerprint density at radius 2 is 1.67 bits per heavy atom. The fourth-order valence-electron chi connectivity index (χ4n) is 4.31. The van der Waals surface area contributed by atoms with Gasteiger partial charge in [0.25, 0.3) is 17.3 Å². The summed E-state index contributed by atoms with van der Waals surface area (Å²) < 4.78 is 5.94. The predicted octanol–water partition coefficient (Wildman–Crippen LogP) is 7.62. The number of hydrogen-bond donors (Lipinski definition) is 0. The van der Waals surface area contributed by atoms with E-state index in [2.05, 4.69) is 4.98 Å². The molecule has 0 saturated carbocycles. The summed E-state index contributed by atoms with van der Waals surface area (Å²) in [5, 5.41) is 22.9. The summed E-state index contributed by atoms with van der Waals surface area (Å²) in [6.45, 7) is 0. The zero-order chi connectivity index (χ0) is 29.9. The van der Waals surface area contributed by atoms with Crippen molar-refractivity contribution in [1.29, 1.82) is 0 Å². The number of nitro groups is 2. The molecule has 0 N–H and O–H groups in total. The van der Waals surface area contributed by atoms with Crippen LogP contribution < -0.4 is 4.90 Å². The van der Waals surface area contributed by atoms with Crippen molar-refractivity contribution in [2.75, 3.05) is 4.90 Å². The number of furan rings is 1. The lowest BCUT2D eigenvalue weighted by Crippen LogP contribution is -2.28. The van der Waals surface area contributed by atoms with Crippen LogP contribution in [-0.4, -0.2) is 25.9 Å². The maximum absolute atomic E-state index is 13.6. The third-order valence-electron chi connectivity index (χ3n) is 6.32. The normalized spacial score (nSPS) is 15.0. The Hall–Kier alpha value is -5.40. The minimum atomic E-state index is -0.466. The maximum atomic E-state index is 13.6. The summed E-state index contributed by atoms with van der Waals surface area (Å²) in [5.41, 5.74) is 2.09. The van der Waals surface area contributed by atoms with Gasteiger partial charge in [0.15, 0.2) is 5.17 Å². The fraction of sp³-hybridized carbons (Fsp3) is 0.0333. The Balaban J connectivity index is 1.27. The van der Waals surface area contributed by atoms with E-state index in [0.29, 0.717) is 44.4 Å². The van der Waals surface area contributed by atoms with Gasteiger partial charge in [-0.25, -0.2) is 4.98 Å². The van der Waals surface area contributed by atoms with E-state index >= 15 is 0 Å². The largest absolute Gasteiger partial charge is 0.457 e. The topological polar surface area (TPSA) is 145 Å². The predicted molar refractivity (Wildman–Crippen MR) is 165 cm³/mol. The molecular formula is C30H19N5O6S2. The highest BCUT2D eigenvalue weighted by Gasteiger charge is 2.35.